The highest BCUT2D eigenvalue weighted by Crippen LogP contribution is 2.24. The van der Waals surface area contributed by atoms with Crippen LogP contribution >= 0.6 is 0 Å². The maximum Gasteiger partial charge on any atom is 0.263 e. The number of Topliss-reactive ketones (excluding diaryl/α,β-unsaturated/α-hetero) is 1. The van der Waals surface area contributed by atoms with Gasteiger partial charge < -0.3 is 14.5 Å². The van der Waals surface area contributed by atoms with Gasteiger partial charge in [-0.1, -0.05) is 19.1 Å². The van der Waals surface area contributed by atoms with Crippen molar-refractivity contribution in [1.29, 1.82) is 0 Å². The smallest absolute Gasteiger partial charge is 0.263 e. The predicted octanol–water partition coefficient (Wildman–Crippen LogP) is 5.01. The van der Waals surface area contributed by atoms with Crippen LogP contribution in [-0.2, 0) is 4.79 Å². The van der Waals surface area contributed by atoms with Gasteiger partial charge in [0, 0.05) is 43.0 Å². The van der Waals surface area contributed by atoms with Crippen LogP contribution in [0, 0.1) is 0 Å². The van der Waals surface area contributed by atoms with Crippen molar-refractivity contribution < 1.29 is 14.3 Å². The quantitative estimate of drug-likeness (QED) is 0.337. The molecule has 1 saturated heterocycles. The third kappa shape index (κ3) is 5.45. The van der Waals surface area contributed by atoms with E-state index < -0.39 is 6.10 Å². The number of rotatable bonds is 7. The molecule has 1 amide bonds. The van der Waals surface area contributed by atoms with Gasteiger partial charge in [-0.25, -0.2) is 4.98 Å². The number of ketones is 1. The number of nitrogens with zero attached hydrogens (tertiary/aromatic N) is 4. The van der Waals surface area contributed by atoms with Crippen molar-refractivity contribution in [3.05, 3.63) is 84.6 Å². The molecule has 0 bridgehead atoms. The van der Waals surface area contributed by atoms with E-state index in [4.69, 9.17) is 9.72 Å². The molecule has 0 N–H and O–H groups in total. The number of aromatic nitrogens is 2. The molecule has 7 nitrogen and oxygen atoms in total. The number of hydrogen-bond donors (Lipinski definition) is 0. The predicted molar refractivity (Wildman–Crippen MR) is 145 cm³/mol. The van der Waals surface area contributed by atoms with Crippen LogP contribution in [0.15, 0.2) is 79.0 Å². The number of benzene rings is 3. The Bertz CT molecular complexity index is 1390. The summed E-state index contributed by atoms with van der Waals surface area (Å²) in [5.74, 6) is 0.727. The summed E-state index contributed by atoms with van der Waals surface area (Å²) >= 11 is 0. The largest absolute Gasteiger partial charge is 0.481 e. The second-order valence-electron chi connectivity index (χ2n) is 9.20. The zero-order valence-electron chi connectivity index (χ0n) is 21.1. The maximum atomic E-state index is 13.2. The zero-order valence-corrected chi connectivity index (χ0v) is 21.1. The first-order chi connectivity index (χ1) is 18.0. The van der Waals surface area contributed by atoms with Gasteiger partial charge in [-0.05, 0) is 74.0 Å². The van der Waals surface area contributed by atoms with Crippen LogP contribution < -0.4 is 9.64 Å². The third-order valence-corrected chi connectivity index (χ3v) is 6.75. The molecule has 0 spiro atoms. The van der Waals surface area contributed by atoms with Gasteiger partial charge in [0.2, 0.25) is 0 Å². The minimum absolute atomic E-state index is 0.0125. The highest BCUT2D eigenvalue weighted by atomic mass is 16.5. The molecular formula is C30H30N4O3. The molecule has 37 heavy (non-hydrogen) atoms. The topological polar surface area (TPSA) is 75.6 Å². The van der Waals surface area contributed by atoms with E-state index >= 15 is 0 Å². The van der Waals surface area contributed by atoms with Gasteiger partial charge >= 0.3 is 0 Å². The van der Waals surface area contributed by atoms with E-state index in [2.05, 4.69) is 9.88 Å². The van der Waals surface area contributed by atoms with Crippen molar-refractivity contribution in [2.75, 3.05) is 31.1 Å². The summed E-state index contributed by atoms with van der Waals surface area (Å²) in [6.45, 7) is 6.28. The van der Waals surface area contributed by atoms with Crippen molar-refractivity contribution in [3.8, 4) is 17.0 Å². The van der Waals surface area contributed by atoms with E-state index in [9.17, 15) is 9.59 Å². The van der Waals surface area contributed by atoms with E-state index in [1.54, 1.807) is 13.1 Å². The fourth-order valence-electron chi connectivity index (χ4n) is 4.57. The second-order valence-corrected chi connectivity index (χ2v) is 9.20. The molecule has 0 unspecified atom stereocenters. The summed E-state index contributed by atoms with van der Waals surface area (Å²) in [6.07, 6.45) is 1.82. The van der Waals surface area contributed by atoms with Gasteiger partial charge in [0.05, 0.1) is 22.9 Å². The highest BCUT2D eigenvalue weighted by Gasteiger charge is 2.28. The standard InChI is InChI=1S/C30H30N4O3/c1-3-29(30(36)34-18-16-33(17-19-34)24-12-8-22(9-13-24)21(2)35)37-25-14-10-23(11-15-25)28-20-31-26-6-4-5-7-27(26)32-28/h4-15,20,29H,3,16-19H2,1-2H3/t29-/m1/s1. The minimum Gasteiger partial charge on any atom is -0.481 e. The summed E-state index contributed by atoms with van der Waals surface area (Å²) in [4.78, 5) is 38.1. The molecule has 3 aromatic carbocycles. The van der Waals surface area contributed by atoms with Crippen LogP contribution in [0.1, 0.15) is 30.6 Å². The van der Waals surface area contributed by atoms with Crippen LogP contribution in [-0.4, -0.2) is 58.8 Å². The summed E-state index contributed by atoms with van der Waals surface area (Å²) in [5.41, 5.74) is 5.22. The lowest BCUT2D eigenvalue weighted by Crippen LogP contribution is -2.52. The van der Waals surface area contributed by atoms with E-state index in [-0.39, 0.29) is 11.7 Å². The van der Waals surface area contributed by atoms with E-state index in [1.807, 2.05) is 84.6 Å². The Balaban J connectivity index is 1.19. The fraction of sp³-hybridized carbons (Fsp3) is 0.267. The number of hydrogen-bond acceptors (Lipinski definition) is 6. The van der Waals surface area contributed by atoms with E-state index in [0.717, 1.165) is 41.1 Å². The Morgan fingerprint density at radius 1 is 0.892 bits per heavy atom. The molecule has 0 radical (unpaired) electrons. The van der Waals surface area contributed by atoms with Gasteiger partial charge in [0.25, 0.3) is 5.91 Å². The number of carbonyl (C=O) groups excluding carboxylic acids is 2. The first-order valence-corrected chi connectivity index (χ1v) is 12.7. The summed E-state index contributed by atoms with van der Waals surface area (Å²) < 4.78 is 6.11. The Morgan fingerprint density at radius 2 is 1.57 bits per heavy atom. The second kappa shape index (κ2) is 10.8. The Kier molecular flexibility index (Phi) is 7.12. The molecule has 1 aromatic heterocycles. The first-order valence-electron chi connectivity index (χ1n) is 12.7. The number of fused-ring (bicyclic) bond motifs is 1. The van der Waals surface area contributed by atoms with E-state index in [0.29, 0.717) is 30.8 Å². The number of carbonyl (C=O) groups is 2. The average molecular weight is 495 g/mol. The molecule has 5 rings (SSSR count). The van der Waals surface area contributed by atoms with Gasteiger partial charge in [-0.2, -0.15) is 0 Å². The molecule has 0 aliphatic carbocycles. The van der Waals surface area contributed by atoms with Crippen molar-refractivity contribution in [1.82, 2.24) is 14.9 Å². The molecule has 1 aliphatic heterocycles. The average Bonchev–Trinajstić information content (AvgIpc) is 2.96. The molecule has 188 valence electrons. The third-order valence-electron chi connectivity index (χ3n) is 6.75. The summed E-state index contributed by atoms with van der Waals surface area (Å²) in [5, 5.41) is 0. The van der Waals surface area contributed by atoms with Crippen molar-refractivity contribution in [2.45, 2.75) is 26.4 Å². The molecule has 1 fully saturated rings. The van der Waals surface area contributed by atoms with Gasteiger partial charge in [0.1, 0.15) is 5.75 Å². The van der Waals surface area contributed by atoms with Gasteiger partial charge in [0.15, 0.2) is 11.9 Å². The fourth-order valence-corrected chi connectivity index (χ4v) is 4.57. The van der Waals surface area contributed by atoms with Crippen LogP contribution in [0.2, 0.25) is 0 Å². The number of anilines is 1. The van der Waals surface area contributed by atoms with E-state index in [1.165, 1.54) is 0 Å². The highest BCUT2D eigenvalue weighted by molar-refractivity contribution is 5.94. The van der Waals surface area contributed by atoms with Crippen LogP contribution in [0.5, 0.6) is 5.75 Å². The summed E-state index contributed by atoms with van der Waals surface area (Å²) in [7, 11) is 0. The lowest BCUT2D eigenvalue weighted by atomic mass is 10.1. The lowest BCUT2D eigenvalue weighted by molar-refractivity contribution is -0.139. The maximum absolute atomic E-state index is 13.2. The molecule has 4 aromatic rings. The number of ether oxygens (including phenoxy) is 1. The molecule has 2 heterocycles. The molecule has 1 atom stereocenters. The van der Waals surface area contributed by atoms with Crippen LogP contribution in [0.25, 0.3) is 22.3 Å². The molecule has 7 heteroatoms. The van der Waals surface area contributed by atoms with Crippen molar-refractivity contribution in [2.24, 2.45) is 0 Å². The number of piperazine rings is 1. The Labute approximate surface area is 216 Å². The molecule has 1 aliphatic rings. The lowest BCUT2D eigenvalue weighted by Gasteiger charge is -2.37. The van der Waals surface area contributed by atoms with Crippen molar-refractivity contribution >= 4 is 28.4 Å². The monoisotopic (exact) mass is 494 g/mol. The molecular weight excluding hydrogens is 464 g/mol. The summed E-state index contributed by atoms with van der Waals surface area (Å²) in [6, 6.07) is 23.1. The molecule has 0 saturated carbocycles. The SMILES string of the molecule is CC[C@@H](Oc1ccc(-c2cnc3ccccc3n2)cc1)C(=O)N1CCN(c2ccc(C(C)=O)cc2)CC1. The van der Waals surface area contributed by atoms with Gasteiger partial charge in [-0.15, -0.1) is 0 Å². The van der Waals surface area contributed by atoms with Gasteiger partial charge in [-0.3, -0.25) is 14.6 Å². The minimum atomic E-state index is -0.535. The Hall–Kier alpha value is -4.26. The zero-order chi connectivity index (χ0) is 25.8. The Morgan fingerprint density at radius 3 is 2.22 bits per heavy atom. The number of amides is 1. The number of para-hydroxylation sites is 2. The van der Waals surface area contributed by atoms with Crippen LogP contribution in [0.4, 0.5) is 5.69 Å². The van der Waals surface area contributed by atoms with Crippen molar-refractivity contribution in [3.63, 3.8) is 0 Å². The van der Waals surface area contributed by atoms with Crippen LogP contribution in [0.3, 0.4) is 0 Å². The normalized spacial score (nSPS) is 14.4. The first kappa shape index (κ1) is 24.4.